The summed E-state index contributed by atoms with van der Waals surface area (Å²) in [5.74, 6) is 0. The molecule has 1 saturated heterocycles. The van der Waals surface area contributed by atoms with Crippen LogP contribution in [-0.2, 0) is 19.5 Å². The predicted molar refractivity (Wildman–Crippen MR) is 83.0 cm³/mol. The number of sulfonamides is 1. The molecule has 0 amide bonds. The van der Waals surface area contributed by atoms with Gasteiger partial charge in [-0.1, -0.05) is 0 Å². The summed E-state index contributed by atoms with van der Waals surface area (Å²) in [6, 6.07) is 1.52. The van der Waals surface area contributed by atoms with E-state index in [0.717, 1.165) is 0 Å². The Bertz CT molecular complexity index is 536. The minimum absolute atomic E-state index is 0.116. The van der Waals surface area contributed by atoms with Crippen LogP contribution in [0.5, 0.6) is 0 Å². The quantitative estimate of drug-likeness (QED) is 0.765. The van der Waals surface area contributed by atoms with Gasteiger partial charge >= 0.3 is 0 Å². The molecule has 0 saturated carbocycles. The van der Waals surface area contributed by atoms with Crippen LogP contribution < -0.4 is 5.73 Å². The van der Waals surface area contributed by atoms with Crippen LogP contribution in [0, 0.1) is 0 Å². The number of piperidine rings is 1. The molecule has 0 aromatic carbocycles. The topological polar surface area (TPSA) is 81.9 Å². The van der Waals surface area contributed by atoms with E-state index in [4.69, 9.17) is 15.2 Å². The molecular formula is C13H22N2O4S2. The summed E-state index contributed by atoms with van der Waals surface area (Å²) >= 11 is 1.17. The maximum atomic E-state index is 12.4. The third-order valence-corrected chi connectivity index (χ3v) is 6.71. The number of nitrogens with two attached hydrogens (primary N) is 1. The van der Waals surface area contributed by atoms with Crippen molar-refractivity contribution in [1.82, 2.24) is 4.31 Å². The van der Waals surface area contributed by atoms with Gasteiger partial charge in [-0.3, -0.25) is 0 Å². The van der Waals surface area contributed by atoms with Gasteiger partial charge in [0.05, 0.1) is 19.3 Å². The lowest BCUT2D eigenvalue weighted by Crippen LogP contribution is -2.40. The second kappa shape index (κ2) is 7.55. The molecule has 1 aromatic heterocycles. The van der Waals surface area contributed by atoms with Crippen LogP contribution in [-0.4, -0.2) is 51.7 Å². The first kappa shape index (κ1) is 16.7. The average Bonchev–Trinajstić information content (AvgIpc) is 2.91. The zero-order valence-electron chi connectivity index (χ0n) is 12.2. The van der Waals surface area contributed by atoms with E-state index in [-0.39, 0.29) is 6.10 Å². The summed E-state index contributed by atoms with van der Waals surface area (Å²) in [5, 5.41) is 1.65. The molecule has 0 unspecified atom stereocenters. The molecule has 0 atom stereocenters. The van der Waals surface area contributed by atoms with Gasteiger partial charge in [-0.2, -0.15) is 4.31 Å². The number of ether oxygens (including phenoxy) is 2. The van der Waals surface area contributed by atoms with Crippen molar-refractivity contribution in [2.24, 2.45) is 0 Å². The number of anilines is 1. The summed E-state index contributed by atoms with van der Waals surface area (Å²) in [4.78, 5) is 0. The standard InChI is InChI=1S/C13H22N2O4S2/c1-2-18-7-8-19-12-3-5-15(6-4-12)21(16,17)13-9-11(14)10-20-13/h9-10,12H,2-8,14H2,1H3. The van der Waals surface area contributed by atoms with E-state index < -0.39 is 10.0 Å². The summed E-state index contributed by atoms with van der Waals surface area (Å²) in [6.07, 6.45) is 1.55. The van der Waals surface area contributed by atoms with E-state index in [9.17, 15) is 8.42 Å². The largest absolute Gasteiger partial charge is 0.398 e. The smallest absolute Gasteiger partial charge is 0.252 e. The number of thiophene rings is 1. The van der Waals surface area contributed by atoms with Crippen molar-refractivity contribution in [1.29, 1.82) is 0 Å². The summed E-state index contributed by atoms with van der Waals surface area (Å²) in [6.45, 7) is 4.75. The first-order valence-electron chi connectivity index (χ1n) is 7.07. The second-order valence-electron chi connectivity index (χ2n) is 4.87. The van der Waals surface area contributed by atoms with Crippen molar-refractivity contribution in [3.05, 3.63) is 11.4 Å². The molecule has 2 heterocycles. The normalized spacial score (nSPS) is 18.1. The Morgan fingerprint density at radius 2 is 2.10 bits per heavy atom. The number of rotatable bonds is 7. The summed E-state index contributed by atoms with van der Waals surface area (Å²) in [5.41, 5.74) is 6.10. The van der Waals surface area contributed by atoms with Crippen LogP contribution in [0.25, 0.3) is 0 Å². The molecular weight excluding hydrogens is 312 g/mol. The van der Waals surface area contributed by atoms with Crippen LogP contribution in [0.2, 0.25) is 0 Å². The number of hydrogen-bond acceptors (Lipinski definition) is 6. The highest BCUT2D eigenvalue weighted by Gasteiger charge is 2.30. The van der Waals surface area contributed by atoms with Gasteiger partial charge in [0.1, 0.15) is 4.21 Å². The Morgan fingerprint density at radius 1 is 1.38 bits per heavy atom. The SMILES string of the molecule is CCOCCOC1CCN(S(=O)(=O)c2cc(N)cs2)CC1. The molecule has 0 bridgehead atoms. The minimum atomic E-state index is -3.40. The fourth-order valence-corrected chi connectivity index (χ4v) is 4.95. The first-order valence-corrected chi connectivity index (χ1v) is 9.39. The number of nitrogens with zero attached hydrogens (tertiary/aromatic N) is 1. The molecule has 6 nitrogen and oxygen atoms in total. The van der Waals surface area contributed by atoms with Crippen LogP contribution >= 0.6 is 11.3 Å². The number of hydrogen-bond donors (Lipinski definition) is 1. The van der Waals surface area contributed by atoms with Crippen LogP contribution in [0.4, 0.5) is 5.69 Å². The lowest BCUT2D eigenvalue weighted by molar-refractivity contribution is -0.0121. The molecule has 0 spiro atoms. The van der Waals surface area contributed by atoms with Crippen molar-refractivity contribution in [2.75, 3.05) is 38.6 Å². The van der Waals surface area contributed by atoms with Gasteiger partial charge in [-0.05, 0) is 25.8 Å². The molecule has 2 rings (SSSR count). The lowest BCUT2D eigenvalue weighted by atomic mass is 10.1. The van der Waals surface area contributed by atoms with Gasteiger partial charge in [0, 0.05) is 30.8 Å². The van der Waals surface area contributed by atoms with E-state index in [1.165, 1.54) is 21.7 Å². The minimum Gasteiger partial charge on any atom is -0.398 e. The van der Waals surface area contributed by atoms with Gasteiger partial charge in [0.25, 0.3) is 10.0 Å². The Kier molecular flexibility index (Phi) is 6.00. The van der Waals surface area contributed by atoms with E-state index in [0.29, 0.717) is 55.6 Å². The fourth-order valence-electron chi connectivity index (χ4n) is 2.25. The van der Waals surface area contributed by atoms with Crippen molar-refractivity contribution >= 4 is 27.0 Å². The van der Waals surface area contributed by atoms with Crippen molar-refractivity contribution in [3.63, 3.8) is 0 Å². The first-order chi connectivity index (χ1) is 10.0. The third-order valence-electron chi connectivity index (χ3n) is 3.38. The maximum Gasteiger partial charge on any atom is 0.252 e. The molecule has 8 heteroatoms. The average molecular weight is 334 g/mol. The molecule has 1 aliphatic rings. The highest BCUT2D eigenvalue weighted by Crippen LogP contribution is 2.27. The predicted octanol–water partition coefficient (Wildman–Crippen LogP) is 1.54. The van der Waals surface area contributed by atoms with Crippen molar-refractivity contribution in [3.8, 4) is 0 Å². The molecule has 0 radical (unpaired) electrons. The summed E-state index contributed by atoms with van der Waals surface area (Å²) < 4.78 is 37.6. The van der Waals surface area contributed by atoms with Crippen LogP contribution in [0.1, 0.15) is 19.8 Å². The van der Waals surface area contributed by atoms with E-state index in [1.54, 1.807) is 5.38 Å². The Balaban J connectivity index is 1.83. The van der Waals surface area contributed by atoms with Gasteiger partial charge < -0.3 is 15.2 Å². The lowest BCUT2D eigenvalue weighted by Gasteiger charge is -2.30. The van der Waals surface area contributed by atoms with Crippen molar-refractivity contribution in [2.45, 2.75) is 30.1 Å². The number of nitrogen functional groups attached to an aromatic ring is 1. The van der Waals surface area contributed by atoms with Gasteiger partial charge in [0.2, 0.25) is 0 Å². The zero-order valence-corrected chi connectivity index (χ0v) is 13.8. The van der Waals surface area contributed by atoms with E-state index in [2.05, 4.69) is 0 Å². The molecule has 1 aromatic rings. The highest BCUT2D eigenvalue weighted by atomic mass is 32.2. The van der Waals surface area contributed by atoms with Crippen molar-refractivity contribution < 1.29 is 17.9 Å². The van der Waals surface area contributed by atoms with Crippen LogP contribution in [0.15, 0.2) is 15.7 Å². The Hall–Kier alpha value is -0.670. The monoisotopic (exact) mass is 334 g/mol. The Labute approximate surface area is 129 Å². The third kappa shape index (κ3) is 4.40. The maximum absolute atomic E-state index is 12.4. The molecule has 120 valence electrons. The molecule has 0 aliphatic carbocycles. The molecule has 1 aliphatic heterocycles. The van der Waals surface area contributed by atoms with Gasteiger partial charge in [0.15, 0.2) is 0 Å². The molecule has 1 fully saturated rings. The summed E-state index contributed by atoms with van der Waals surface area (Å²) in [7, 11) is -3.40. The van der Waals surface area contributed by atoms with Gasteiger partial charge in [-0.15, -0.1) is 11.3 Å². The fraction of sp³-hybridized carbons (Fsp3) is 0.692. The second-order valence-corrected chi connectivity index (χ2v) is 7.95. The zero-order chi connectivity index (χ0) is 15.3. The highest BCUT2D eigenvalue weighted by molar-refractivity contribution is 7.91. The van der Waals surface area contributed by atoms with Crippen LogP contribution in [0.3, 0.4) is 0 Å². The molecule has 21 heavy (non-hydrogen) atoms. The van der Waals surface area contributed by atoms with Gasteiger partial charge in [-0.25, -0.2) is 8.42 Å². The molecule has 2 N–H and O–H groups in total. The van der Waals surface area contributed by atoms with E-state index >= 15 is 0 Å². The van der Waals surface area contributed by atoms with E-state index in [1.807, 2.05) is 6.92 Å². The Morgan fingerprint density at radius 3 is 2.67 bits per heavy atom.